The Morgan fingerprint density at radius 1 is 1.29 bits per heavy atom. The van der Waals surface area contributed by atoms with Gasteiger partial charge in [0, 0.05) is 12.3 Å². The summed E-state index contributed by atoms with van der Waals surface area (Å²) in [5, 5.41) is 3.06. The van der Waals surface area contributed by atoms with Crippen molar-refractivity contribution in [3.05, 3.63) is 23.8 Å². The fourth-order valence-corrected chi connectivity index (χ4v) is 3.29. The third-order valence-electron chi connectivity index (χ3n) is 4.81. The van der Waals surface area contributed by atoms with Crippen LogP contribution in [0.2, 0.25) is 0 Å². The second-order valence-electron chi connectivity index (χ2n) is 6.89. The van der Waals surface area contributed by atoms with Crippen LogP contribution in [0.4, 0.5) is 5.69 Å². The average molecular weight is 333 g/mol. The van der Waals surface area contributed by atoms with Crippen molar-refractivity contribution in [2.24, 2.45) is 5.92 Å². The summed E-state index contributed by atoms with van der Waals surface area (Å²) >= 11 is 0. The Morgan fingerprint density at radius 2 is 2.00 bits per heavy atom. The Bertz CT molecular complexity index is 548. The summed E-state index contributed by atoms with van der Waals surface area (Å²) in [5.74, 6) is 1.53. The molecule has 1 saturated carbocycles. The first kappa shape index (κ1) is 18.8. The molecule has 0 radical (unpaired) electrons. The maximum atomic E-state index is 12.9. The minimum Gasteiger partial charge on any atom is -0.493 e. The molecule has 0 saturated heterocycles. The highest BCUT2D eigenvalue weighted by molar-refractivity contribution is 5.97. The van der Waals surface area contributed by atoms with Crippen molar-refractivity contribution in [1.29, 1.82) is 0 Å². The fourth-order valence-electron chi connectivity index (χ4n) is 3.29. The highest BCUT2D eigenvalue weighted by Crippen LogP contribution is 2.36. The minimum atomic E-state index is -0.674. The molecule has 0 aliphatic heterocycles. The summed E-state index contributed by atoms with van der Waals surface area (Å²) in [4.78, 5) is 12.9. The number of amides is 1. The molecule has 0 heterocycles. The normalized spacial score (nSPS) is 23.8. The maximum absolute atomic E-state index is 12.9. The van der Waals surface area contributed by atoms with E-state index in [4.69, 9.17) is 9.47 Å². The van der Waals surface area contributed by atoms with Gasteiger partial charge in [0.05, 0.1) is 6.61 Å². The van der Waals surface area contributed by atoms with Gasteiger partial charge in [0.2, 0.25) is 0 Å². The molecule has 1 aliphatic carbocycles. The zero-order valence-electron chi connectivity index (χ0n) is 15.5. The molecule has 1 aromatic rings. The number of carbonyl (C=O) groups excluding carboxylic acids is 1. The molecule has 1 N–H and O–H groups in total. The van der Waals surface area contributed by atoms with E-state index in [1.54, 1.807) is 0 Å². The van der Waals surface area contributed by atoms with Gasteiger partial charge in [-0.15, -0.1) is 0 Å². The van der Waals surface area contributed by atoms with Gasteiger partial charge >= 0.3 is 0 Å². The predicted molar refractivity (Wildman–Crippen MR) is 97.6 cm³/mol. The van der Waals surface area contributed by atoms with Gasteiger partial charge in [-0.1, -0.05) is 13.8 Å². The number of hydrogen-bond donors (Lipinski definition) is 1. The summed E-state index contributed by atoms with van der Waals surface area (Å²) in [6.45, 7) is 9.55. The minimum absolute atomic E-state index is 0.0159. The van der Waals surface area contributed by atoms with E-state index in [-0.39, 0.29) is 5.91 Å². The van der Waals surface area contributed by atoms with Gasteiger partial charge in [0.25, 0.3) is 5.91 Å². The molecule has 1 amide bonds. The summed E-state index contributed by atoms with van der Waals surface area (Å²) < 4.78 is 11.6. The van der Waals surface area contributed by atoms with Crippen LogP contribution in [0.5, 0.6) is 5.75 Å². The highest BCUT2D eigenvalue weighted by atomic mass is 16.5. The Morgan fingerprint density at radius 3 is 2.58 bits per heavy atom. The lowest BCUT2D eigenvalue weighted by Crippen LogP contribution is -2.48. The van der Waals surface area contributed by atoms with E-state index in [2.05, 4.69) is 19.2 Å². The molecular weight excluding hydrogens is 302 g/mol. The van der Waals surface area contributed by atoms with Crippen LogP contribution in [0.1, 0.15) is 58.4 Å². The van der Waals surface area contributed by atoms with Crippen molar-refractivity contribution in [1.82, 2.24) is 0 Å². The Hall–Kier alpha value is -1.55. The molecule has 0 aromatic heterocycles. The molecule has 24 heavy (non-hydrogen) atoms. The molecular formula is C20H31NO3. The van der Waals surface area contributed by atoms with Gasteiger partial charge in [-0.3, -0.25) is 4.79 Å². The van der Waals surface area contributed by atoms with Gasteiger partial charge in [-0.05, 0) is 75.6 Å². The zero-order chi connectivity index (χ0) is 17.6. The van der Waals surface area contributed by atoms with Crippen molar-refractivity contribution < 1.29 is 14.3 Å². The number of rotatable bonds is 7. The number of nitrogens with one attached hydrogen (secondary N) is 1. The number of aryl methyl sites for hydroxylation is 1. The van der Waals surface area contributed by atoms with Gasteiger partial charge < -0.3 is 14.8 Å². The molecule has 4 heteroatoms. The molecule has 1 fully saturated rings. The lowest BCUT2D eigenvalue weighted by molar-refractivity contribution is -0.146. The van der Waals surface area contributed by atoms with E-state index < -0.39 is 5.60 Å². The lowest BCUT2D eigenvalue weighted by atomic mass is 9.78. The van der Waals surface area contributed by atoms with Crippen molar-refractivity contribution in [3.8, 4) is 5.75 Å². The SMILES string of the molecule is CCCOc1ccc(NC(=O)C2(OCC)CCC(C)CC2)cc1C. The molecule has 2 rings (SSSR count). The summed E-state index contributed by atoms with van der Waals surface area (Å²) in [7, 11) is 0. The third-order valence-corrected chi connectivity index (χ3v) is 4.81. The first-order valence-electron chi connectivity index (χ1n) is 9.19. The molecule has 0 spiro atoms. The van der Waals surface area contributed by atoms with E-state index in [1.807, 2.05) is 32.0 Å². The van der Waals surface area contributed by atoms with Crippen LogP contribution in [0.15, 0.2) is 18.2 Å². The van der Waals surface area contributed by atoms with Crippen LogP contribution in [0, 0.1) is 12.8 Å². The van der Waals surface area contributed by atoms with E-state index in [1.165, 1.54) is 0 Å². The summed E-state index contributed by atoms with van der Waals surface area (Å²) in [5.41, 5.74) is 1.16. The van der Waals surface area contributed by atoms with Crippen LogP contribution < -0.4 is 10.1 Å². The zero-order valence-corrected chi connectivity index (χ0v) is 15.5. The quantitative estimate of drug-likeness (QED) is 0.786. The molecule has 1 aromatic carbocycles. The standard InChI is InChI=1S/C20H31NO3/c1-5-13-23-18-8-7-17(14-16(18)4)21-19(22)20(24-6-2)11-9-15(3)10-12-20/h7-8,14-15H,5-6,9-13H2,1-4H3,(H,21,22). The van der Waals surface area contributed by atoms with E-state index in [0.29, 0.717) is 19.1 Å². The topological polar surface area (TPSA) is 47.6 Å². The average Bonchev–Trinajstić information content (AvgIpc) is 2.56. The second-order valence-corrected chi connectivity index (χ2v) is 6.89. The molecule has 0 unspecified atom stereocenters. The van der Waals surface area contributed by atoms with Gasteiger partial charge in [-0.2, -0.15) is 0 Å². The first-order chi connectivity index (χ1) is 11.5. The monoisotopic (exact) mass is 333 g/mol. The van der Waals surface area contributed by atoms with Crippen LogP contribution in [0.25, 0.3) is 0 Å². The van der Waals surface area contributed by atoms with Crippen molar-refractivity contribution in [2.45, 2.75) is 65.4 Å². The fraction of sp³-hybridized carbons (Fsp3) is 0.650. The van der Waals surface area contributed by atoms with Gasteiger partial charge in [0.15, 0.2) is 0 Å². The molecule has 1 aliphatic rings. The predicted octanol–water partition coefficient (Wildman–Crippen LogP) is 4.71. The largest absolute Gasteiger partial charge is 0.493 e. The van der Waals surface area contributed by atoms with E-state index >= 15 is 0 Å². The third kappa shape index (κ3) is 4.50. The summed E-state index contributed by atoms with van der Waals surface area (Å²) in [6.07, 6.45) is 4.65. The van der Waals surface area contributed by atoms with Crippen LogP contribution in [0.3, 0.4) is 0 Å². The molecule has 0 atom stereocenters. The van der Waals surface area contributed by atoms with Crippen molar-refractivity contribution in [3.63, 3.8) is 0 Å². The van der Waals surface area contributed by atoms with Gasteiger partial charge in [-0.25, -0.2) is 0 Å². The first-order valence-corrected chi connectivity index (χ1v) is 9.19. The van der Waals surface area contributed by atoms with Crippen LogP contribution in [-0.2, 0) is 9.53 Å². The van der Waals surface area contributed by atoms with Crippen molar-refractivity contribution >= 4 is 11.6 Å². The van der Waals surface area contributed by atoms with E-state index in [0.717, 1.165) is 49.1 Å². The van der Waals surface area contributed by atoms with Gasteiger partial charge in [0.1, 0.15) is 11.4 Å². The Kier molecular flexibility index (Phi) is 6.67. The number of anilines is 1. The van der Waals surface area contributed by atoms with Crippen molar-refractivity contribution in [2.75, 3.05) is 18.5 Å². The highest BCUT2D eigenvalue weighted by Gasteiger charge is 2.41. The Labute approximate surface area is 145 Å². The lowest BCUT2D eigenvalue weighted by Gasteiger charge is -2.37. The smallest absolute Gasteiger partial charge is 0.256 e. The number of benzene rings is 1. The second kappa shape index (κ2) is 8.52. The number of carbonyl (C=O) groups is 1. The van der Waals surface area contributed by atoms with Crippen LogP contribution in [-0.4, -0.2) is 24.7 Å². The molecule has 134 valence electrons. The molecule has 0 bridgehead atoms. The molecule has 4 nitrogen and oxygen atoms in total. The van der Waals surface area contributed by atoms with E-state index in [9.17, 15) is 4.79 Å². The summed E-state index contributed by atoms with van der Waals surface area (Å²) in [6, 6.07) is 5.80. The Balaban J connectivity index is 2.08. The van der Waals surface area contributed by atoms with Crippen LogP contribution >= 0.6 is 0 Å². The maximum Gasteiger partial charge on any atom is 0.256 e. The number of hydrogen-bond acceptors (Lipinski definition) is 3. The number of ether oxygens (including phenoxy) is 2.